The van der Waals surface area contributed by atoms with Gasteiger partial charge in [0.2, 0.25) is 0 Å². The molecular formula is C4H6N4O2. The predicted molar refractivity (Wildman–Crippen MR) is 31.3 cm³/mol. The highest BCUT2D eigenvalue weighted by Gasteiger charge is 1.99. The fraction of sp³-hybridized carbons (Fsp3) is 0.500. The average Bonchev–Trinajstić information content (AvgIpc) is 2.15. The standard InChI is InChI=1S/C4H6N4O2/c1-3(9)2-8-4(10)5-6-7-8/h2H2,1H3,(H,5,7,10). The van der Waals surface area contributed by atoms with Crippen LogP contribution in [-0.4, -0.2) is 26.0 Å². The smallest absolute Gasteiger partial charge is 0.298 e. The number of aromatic amines is 1. The normalized spacial score (nSPS) is 9.70. The van der Waals surface area contributed by atoms with E-state index in [4.69, 9.17) is 0 Å². The van der Waals surface area contributed by atoms with E-state index in [0.717, 1.165) is 4.68 Å². The summed E-state index contributed by atoms with van der Waals surface area (Å²) in [5, 5.41) is 8.60. The molecule has 0 fully saturated rings. The van der Waals surface area contributed by atoms with Gasteiger partial charge in [-0.2, -0.15) is 4.68 Å². The van der Waals surface area contributed by atoms with Gasteiger partial charge in [-0.3, -0.25) is 4.79 Å². The number of nitrogens with zero attached hydrogens (tertiary/aromatic N) is 3. The molecule has 54 valence electrons. The SMILES string of the molecule is CC(=O)Cn1nn[nH]c1=O. The summed E-state index contributed by atoms with van der Waals surface area (Å²) in [4.78, 5) is 21.0. The van der Waals surface area contributed by atoms with Crippen molar-refractivity contribution >= 4 is 5.78 Å². The molecule has 0 aliphatic rings. The van der Waals surface area contributed by atoms with Crippen LogP contribution in [0.3, 0.4) is 0 Å². The predicted octanol–water partition coefficient (Wildman–Crippen LogP) is -1.44. The Hall–Kier alpha value is -1.46. The summed E-state index contributed by atoms with van der Waals surface area (Å²) < 4.78 is 0.961. The Bertz CT molecular complexity index is 285. The number of rotatable bonds is 2. The number of Topliss-reactive ketones (excluding diaryl/α,β-unsaturated/α-hetero) is 1. The van der Waals surface area contributed by atoms with Crippen LogP contribution >= 0.6 is 0 Å². The van der Waals surface area contributed by atoms with Gasteiger partial charge in [-0.1, -0.05) is 0 Å². The second kappa shape index (κ2) is 2.42. The molecule has 1 rings (SSSR count). The highest BCUT2D eigenvalue weighted by molar-refractivity contribution is 5.75. The van der Waals surface area contributed by atoms with Crippen molar-refractivity contribution in [2.24, 2.45) is 0 Å². The Balaban J connectivity index is 2.85. The van der Waals surface area contributed by atoms with Gasteiger partial charge in [-0.15, -0.1) is 0 Å². The van der Waals surface area contributed by atoms with Gasteiger partial charge >= 0.3 is 5.69 Å². The molecule has 0 spiro atoms. The Morgan fingerprint density at radius 1 is 1.80 bits per heavy atom. The van der Waals surface area contributed by atoms with Gasteiger partial charge in [-0.25, -0.2) is 9.89 Å². The van der Waals surface area contributed by atoms with Crippen LogP contribution in [0.2, 0.25) is 0 Å². The fourth-order valence-corrected chi connectivity index (χ4v) is 0.532. The minimum atomic E-state index is -0.463. The minimum absolute atomic E-state index is 0.0185. The van der Waals surface area contributed by atoms with Crippen LogP contribution in [-0.2, 0) is 11.3 Å². The van der Waals surface area contributed by atoms with Crippen molar-refractivity contribution < 1.29 is 4.79 Å². The third kappa shape index (κ3) is 1.28. The quantitative estimate of drug-likeness (QED) is 0.548. The first-order valence-corrected chi connectivity index (χ1v) is 2.68. The van der Waals surface area contributed by atoms with Crippen LogP contribution in [0.4, 0.5) is 0 Å². The highest BCUT2D eigenvalue weighted by Crippen LogP contribution is 1.72. The lowest BCUT2D eigenvalue weighted by atomic mass is 10.5. The number of hydrogen-bond acceptors (Lipinski definition) is 4. The second-order valence-corrected chi connectivity index (χ2v) is 1.87. The number of tetrazole rings is 1. The largest absolute Gasteiger partial charge is 0.361 e. The number of aromatic nitrogens is 4. The van der Waals surface area contributed by atoms with Crippen molar-refractivity contribution in [3.8, 4) is 0 Å². The molecule has 0 aliphatic carbocycles. The molecule has 1 aromatic heterocycles. The topological polar surface area (TPSA) is 80.6 Å². The summed E-state index contributed by atoms with van der Waals surface area (Å²) in [6.45, 7) is 1.36. The first kappa shape index (κ1) is 6.66. The van der Waals surface area contributed by atoms with Crippen molar-refractivity contribution in [1.29, 1.82) is 0 Å². The molecule has 6 nitrogen and oxygen atoms in total. The lowest BCUT2D eigenvalue weighted by Crippen LogP contribution is -2.21. The molecule has 1 aromatic rings. The average molecular weight is 142 g/mol. The number of ketones is 1. The zero-order chi connectivity index (χ0) is 7.56. The van der Waals surface area contributed by atoms with E-state index in [9.17, 15) is 9.59 Å². The maximum Gasteiger partial charge on any atom is 0.361 e. The maximum absolute atomic E-state index is 10.6. The van der Waals surface area contributed by atoms with E-state index >= 15 is 0 Å². The summed E-state index contributed by atoms with van der Waals surface area (Å²) >= 11 is 0. The molecule has 0 amide bonds. The highest BCUT2D eigenvalue weighted by atomic mass is 16.2. The molecule has 0 atom stereocenters. The third-order valence-corrected chi connectivity index (χ3v) is 0.905. The monoisotopic (exact) mass is 142 g/mol. The van der Waals surface area contributed by atoms with E-state index in [0.29, 0.717) is 0 Å². The summed E-state index contributed by atoms with van der Waals surface area (Å²) in [5.74, 6) is -0.129. The van der Waals surface area contributed by atoms with E-state index in [1.54, 1.807) is 0 Å². The van der Waals surface area contributed by atoms with Crippen molar-refractivity contribution in [3.63, 3.8) is 0 Å². The lowest BCUT2D eigenvalue weighted by molar-refractivity contribution is -0.117. The van der Waals surface area contributed by atoms with Crippen LogP contribution < -0.4 is 5.69 Å². The van der Waals surface area contributed by atoms with E-state index < -0.39 is 5.69 Å². The molecule has 6 heteroatoms. The molecule has 0 aromatic carbocycles. The van der Waals surface area contributed by atoms with Gasteiger partial charge in [0.1, 0.15) is 6.54 Å². The van der Waals surface area contributed by atoms with Crippen LogP contribution in [0.5, 0.6) is 0 Å². The van der Waals surface area contributed by atoms with Crippen LogP contribution in [0, 0.1) is 0 Å². The van der Waals surface area contributed by atoms with Crippen molar-refractivity contribution in [2.75, 3.05) is 0 Å². The van der Waals surface area contributed by atoms with Crippen molar-refractivity contribution in [1.82, 2.24) is 20.2 Å². The van der Waals surface area contributed by atoms with E-state index in [1.807, 2.05) is 0 Å². The zero-order valence-electron chi connectivity index (χ0n) is 5.37. The number of H-pyrrole nitrogens is 1. The first-order valence-electron chi connectivity index (χ1n) is 2.68. The maximum atomic E-state index is 10.6. The Labute approximate surface area is 55.8 Å². The van der Waals surface area contributed by atoms with Gasteiger partial charge in [-0.05, 0) is 17.4 Å². The van der Waals surface area contributed by atoms with Crippen LogP contribution in [0.1, 0.15) is 6.92 Å². The second-order valence-electron chi connectivity index (χ2n) is 1.87. The zero-order valence-corrected chi connectivity index (χ0v) is 5.37. The van der Waals surface area contributed by atoms with Crippen molar-refractivity contribution in [2.45, 2.75) is 13.5 Å². The molecule has 0 aliphatic heterocycles. The Morgan fingerprint density at radius 3 is 2.90 bits per heavy atom. The number of carbonyl (C=O) groups is 1. The van der Waals surface area contributed by atoms with Gasteiger partial charge in [0.05, 0.1) is 0 Å². The molecule has 0 bridgehead atoms. The van der Waals surface area contributed by atoms with Gasteiger partial charge in [0.15, 0.2) is 5.78 Å². The van der Waals surface area contributed by atoms with E-state index in [1.165, 1.54) is 6.92 Å². The Kier molecular flexibility index (Phi) is 1.61. The summed E-state index contributed by atoms with van der Waals surface area (Å²) in [6, 6.07) is 0. The summed E-state index contributed by atoms with van der Waals surface area (Å²) in [6.07, 6.45) is 0. The molecule has 1 heterocycles. The summed E-state index contributed by atoms with van der Waals surface area (Å²) in [7, 11) is 0. The van der Waals surface area contributed by atoms with Crippen molar-refractivity contribution in [3.05, 3.63) is 10.5 Å². The third-order valence-electron chi connectivity index (χ3n) is 0.905. The van der Waals surface area contributed by atoms with E-state index in [-0.39, 0.29) is 12.3 Å². The molecule has 1 N–H and O–H groups in total. The lowest BCUT2D eigenvalue weighted by Gasteiger charge is -1.88. The first-order chi connectivity index (χ1) is 4.70. The van der Waals surface area contributed by atoms with Crippen LogP contribution in [0.25, 0.3) is 0 Å². The number of nitrogens with one attached hydrogen (secondary N) is 1. The van der Waals surface area contributed by atoms with Gasteiger partial charge < -0.3 is 0 Å². The fourth-order valence-electron chi connectivity index (χ4n) is 0.532. The molecule has 0 unspecified atom stereocenters. The minimum Gasteiger partial charge on any atom is -0.298 e. The summed E-state index contributed by atoms with van der Waals surface area (Å²) in [5.41, 5.74) is -0.463. The molecule has 10 heavy (non-hydrogen) atoms. The molecular weight excluding hydrogens is 136 g/mol. The molecule has 0 saturated heterocycles. The van der Waals surface area contributed by atoms with Crippen LogP contribution in [0.15, 0.2) is 4.79 Å². The Morgan fingerprint density at radius 2 is 2.50 bits per heavy atom. The van der Waals surface area contributed by atoms with Gasteiger partial charge in [0.25, 0.3) is 0 Å². The van der Waals surface area contributed by atoms with E-state index in [2.05, 4.69) is 15.5 Å². The molecule has 0 saturated carbocycles. The van der Waals surface area contributed by atoms with Gasteiger partial charge in [0, 0.05) is 0 Å². The number of carbonyl (C=O) groups excluding carboxylic acids is 1. The number of hydrogen-bond donors (Lipinski definition) is 1. The molecule has 0 radical (unpaired) electrons.